The number of rotatable bonds is 8. The first-order chi connectivity index (χ1) is 16.1. The monoisotopic (exact) mass is 494 g/mol. The number of halogens is 3. The summed E-state index contributed by atoms with van der Waals surface area (Å²) in [5, 5.41) is 8.28. The van der Waals surface area contributed by atoms with Crippen LogP contribution in [0, 0.1) is 0 Å². The predicted octanol–water partition coefficient (Wildman–Crippen LogP) is 2.39. The van der Waals surface area contributed by atoms with E-state index in [9.17, 15) is 22.8 Å². The van der Waals surface area contributed by atoms with Crippen LogP contribution in [0.25, 0.3) is 0 Å². The molecule has 2 amide bonds. The molecule has 0 spiro atoms. The number of nitrogens with one attached hydrogen (secondary N) is 3. The molecule has 0 saturated heterocycles. The lowest BCUT2D eigenvalue weighted by molar-refractivity contribution is -0.138. The van der Waals surface area contributed by atoms with Crippen LogP contribution in [0.4, 0.5) is 24.8 Å². The van der Waals surface area contributed by atoms with E-state index in [1.807, 2.05) is 0 Å². The highest BCUT2D eigenvalue weighted by molar-refractivity contribution is 7.13. The van der Waals surface area contributed by atoms with Crippen molar-refractivity contribution in [2.45, 2.75) is 32.6 Å². The van der Waals surface area contributed by atoms with Crippen molar-refractivity contribution in [1.29, 1.82) is 0 Å². The van der Waals surface area contributed by atoms with Crippen molar-refractivity contribution in [3.8, 4) is 0 Å². The SMILES string of the molecule is CCc1cnc(NC(=O)c2cnc(CNC(=O)c3ncnc(N)c3CNC)s2)cc1C(F)(F)F. The lowest BCUT2D eigenvalue weighted by Gasteiger charge is -2.13. The van der Waals surface area contributed by atoms with Crippen molar-refractivity contribution in [1.82, 2.24) is 30.6 Å². The quantitative estimate of drug-likeness (QED) is 0.373. The fourth-order valence-electron chi connectivity index (χ4n) is 2.98. The third-order valence-electron chi connectivity index (χ3n) is 4.64. The summed E-state index contributed by atoms with van der Waals surface area (Å²) in [6.45, 7) is 1.88. The van der Waals surface area contributed by atoms with E-state index in [2.05, 4.69) is 35.9 Å². The summed E-state index contributed by atoms with van der Waals surface area (Å²) in [7, 11) is 1.69. The number of carbonyl (C=O) groups excluding carboxylic acids is 2. The number of nitrogens with two attached hydrogens (primary N) is 1. The van der Waals surface area contributed by atoms with E-state index in [0.717, 1.165) is 23.6 Å². The third kappa shape index (κ3) is 5.82. The Morgan fingerprint density at radius 3 is 2.53 bits per heavy atom. The first-order valence-electron chi connectivity index (χ1n) is 9.98. The number of nitrogen functional groups attached to an aromatic ring is 1. The number of aromatic nitrogens is 4. The van der Waals surface area contributed by atoms with Gasteiger partial charge < -0.3 is 21.7 Å². The van der Waals surface area contributed by atoms with E-state index in [1.165, 1.54) is 12.5 Å². The Kier molecular flexibility index (Phi) is 7.73. The standard InChI is InChI=1S/C20H21F3N8O2S/c1-3-10-5-26-14(4-12(10)20(21,22)23)31-18(32)13-7-27-15(34-13)8-28-19(33)16-11(6-25-2)17(24)30-9-29-16/h4-5,7,9,25H,3,6,8H2,1-2H3,(H,28,33)(H2,24,29,30)(H,26,31,32). The molecule has 0 atom stereocenters. The van der Waals surface area contributed by atoms with E-state index in [1.54, 1.807) is 14.0 Å². The highest BCUT2D eigenvalue weighted by atomic mass is 32.1. The highest BCUT2D eigenvalue weighted by Crippen LogP contribution is 2.33. The van der Waals surface area contributed by atoms with Gasteiger partial charge in [0.25, 0.3) is 11.8 Å². The smallest absolute Gasteiger partial charge is 0.383 e. The molecule has 3 heterocycles. The Balaban J connectivity index is 1.66. The average Bonchev–Trinajstić information content (AvgIpc) is 3.27. The lowest BCUT2D eigenvalue weighted by atomic mass is 10.1. The van der Waals surface area contributed by atoms with Gasteiger partial charge in [-0.3, -0.25) is 9.59 Å². The van der Waals surface area contributed by atoms with Gasteiger partial charge >= 0.3 is 6.18 Å². The first kappa shape index (κ1) is 25.0. The van der Waals surface area contributed by atoms with Crippen molar-refractivity contribution >= 4 is 34.8 Å². The number of hydrogen-bond donors (Lipinski definition) is 4. The topological polar surface area (TPSA) is 148 Å². The Morgan fingerprint density at radius 1 is 1.09 bits per heavy atom. The molecule has 5 N–H and O–H groups in total. The minimum Gasteiger partial charge on any atom is -0.383 e. The molecule has 0 saturated carbocycles. The van der Waals surface area contributed by atoms with Crippen LogP contribution in [0.15, 0.2) is 24.8 Å². The predicted molar refractivity (Wildman–Crippen MR) is 119 cm³/mol. The fourth-order valence-corrected chi connectivity index (χ4v) is 3.74. The summed E-state index contributed by atoms with van der Waals surface area (Å²) < 4.78 is 39.7. The molecule has 0 aliphatic carbocycles. The molecule has 0 bridgehead atoms. The van der Waals surface area contributed by atoms with Gasteiger partial charge in [-0.1, -0.05) is 6.92 Å². The molecule has 3 aromatic heterocycles. The zero-order valence-electron chi connectivity index (χ0n) is 18.2. The zero-order chi connectivity index (χ0) is 24.9. The van der Waals surface area contributed by atoms with Crippen LogP contribution in [0.2, 0.25) is 0 Å². The summed E-state index contributed by atoms with van der Waals surface area (Å²) in [6.07, 6.45) is -0.875. The maximum atomic E-state index is 13.2. The van der Waals surface area contributed by atoms with Gasteiger partial charge in [0.15, 0.2) is 0 Å². The van der Waals surface area contributed by atoms with E-state index in [4.69, 9.17) is 5.73 Å². The van der Waals surface area contributed by atoms with Crippen molar-refractivity contribution in [2.75, 3.05) is 18.1 Å². The van der Waals surface area contributed by atoms with E-state index >= 15 is 0 Å². The van der Waals surface area contributed by atoms with Gasteiger partial charge in [0.05, 0.1) is 18.3 Å². The summed E-state index contributed by atoms with van der Waals surface area (Å²) in [5.41, 5.74) is 5.54. The molecule has 180 valence electrons. The normalized spacial score (nSPS) is 11.3. The van der Waals surface area contributed by atoms with Crippen LogP contribution in [-0.2, 0) is 25.7 Å². The molecule has 0 unspecified atom stereocenters. The molecule has 14 heteroatoms. The van der Waals surface area contributed by atoms with E-state index in [0.29, 0.717) is 17.1 Å². The number of alkyl halides is 3. The van der Waals surface area contributed by atoms with E-state index < -0.39 is 23.6 Å². The maximum Gasteiger partial charge on any atom is 0.416 e. The number of pyridine rings is 1. The van der Waals surface area contributed by atoms with Gasteiger partial charge in [-0.05, 0) is 25.1 Å². The highest BCUT2D eigenvalue weighted by Gasteiger charge is 2.33. The average molecular weight is 495 g/mol. The molecular weight excluding hydrogens is 473 g/mol. The van der Waals surface area contributed by atoms with Crippen LogP contribution >= 0.6 is 11.3 Å². The molecule has 0 aromatic carbocycles. The van der Waals surface area contributed by atoms with Crippen LogP contribution in [0.1, 0.15) is 48.8 Å². The summed E-state index contributed by atoms with van der Waals surface area (Å²) in [6, 6.07) is 0.801. The van der Waals surface area contributed by atoms with Gasteiger partial charge in [0.2, 0.25) is 0 Å². The van der Waals surface area contributed by atoms with Crippen molar-refractivity contribution < 1.29 is 22.8 Å². The Hall–Kier alpha value is -3.65. The molecule has 10 nitrogen and oxygen atoms in total. The van der Waals surface area contributed by atoms with Gasteiger partial charge in [-0.2, -0.15) is 13.2 Å². The van der Waals surface area contributed by atoms with Gasteiger partial charge in [-0.15, -0.1) is 11.3 Å². The molecule has 34 heavy (non-hydrogen) atoms. The van der Waals surface area contributed by atoms with Crippen molar-refractivity contribution in [3.05, 3.63) is 57.1 Å². The Bertz CT molecular complexity index is 1200. The number of nitrogens with zero attached hydrogens (tertiary/aromatic N) is 4. The maximum absolute atomic E-state index is 13.2. The number of amides is 2. The lowest BCUT2D eigenvalue weighted by Crippen LogP contribution is -2.27. The van der Waals surface area contributed by atoms with E-state index in [-0.39, 0.29) is 40.7 Å². The minimum absolute atomic E-state index is 0.00134. The second-order valence-corrected chi connectivity index (χ2v) is 8.06. The second-order valence-electron chi connectivity index (χ2n) is 6.95. The molecule has 3 aromatic rings. The third-order valence-corrected chi connectivity index (χ3v) is 5.64. The zero-order valence-corrected chi connectivity index (χ0v) is 19.0. The molecule has 0 aliphatic rings. The summed E-state index contributed by atoms with van der Waals surface area (Å²) in [5.74, 6) is -1.21. The summed E-state index contributed by atoms with van der Waals surface area (Å²) >= 11 is 0.975. The molecule has 3 rings (SSSR count). The number of aryl methyl sites for hydroxylation is 1. The van der Waals surface area contributed by atoms with Crippen molar-refractivity contribution in [2.24, 2.45) is 0 Å². The minimum atomic E-state index is -4.56. The molecular formula is C20H21F3N8O2S. The summed E-state index contributed by atoms with van der Waals surface area (Å²) in [4.78, 5) is 40.9. The number of carbonyl (C=O) groups is 2. The molecule has 0 aliphatic heterocycles. The Labute approximate surface area is 196 Å². The number of thiazole rings is 1. The number of hydrogen-bond acceptors (Lipinski definition) is 9. The van der Waals surface area contributed by atoms with Crippen LogP contribution in [0.5, 0.6) is 0 Å². The number of anilines is 2. The molecule has 0 radical (unpaired) electrons. The van der Waals surface area contributed by atoms with Gasteiger partial charge in [0.1, 0.15) is 33.5 Å². The second kappa shape index (κ2) is 10.5. The fraction of sp³-hybridized carbons (Fsp3) is 0.300. The van der Waals surface area contributed by atoms with Gasteiger partial charge in [0, 0.05) is 18.3 Å². The van der Waals surface area contributed by atoms with Gasteiger partial charge in [-0.25, -0.2) is 19.9 Å². The first-order valence-corrected chi connectivity index (χ1v) is 10.8. The van der Waals surface area contributed by atoms with Crippen LogP contribution in [0.3, 0.4) is 0 Å². The largest absolute Gasteiger partial charge is 0.416 e. The van der Waals surface area contributed by atoms with Crippen LogP contribution < -0.4 is 21.7 Å². The van der Waals surface area contributed by atoms with Crippen molar-refractivity contribution in [3.63, 3.8) is 0 Å². The molecule has 0 fully saturated rings. The van der Waals surface area contributed by atoms with Crippen LogP contribution in [-0.4, -0.2) is 38.8 Å². The Morgan fingerprint density at radius 2 is 1.85 bits per heavy atom.